The molecule has 27 heavy (non-hydrogen) atoms. The van der Waals surface area contributed by atoms with Crippen LogP contribution in [0.1, 0.15) is 29.6 Å². The Bertz CT molecular complexity index is 1070. The minimum Gasteiger partial charge on any atom is -0.458 e. The fourth-order valence-corrected chi connectivity index (χ4v) is 3.30. The van der Waals surface area contributed by atoms with Crippen molar-refractivity contribution in [3.63, 3.8) is 0 Å². The average molecular weight is 386 g/mol. The topological polar surface area (TPSA) is 56.5 Å². The monoisotopic (exact) mass is 385 g/mol. The van der Waals surface area contributed by atoms with Gasteiger partial charge in [-0.15, -0.1) is 0 Å². The summed E-state index contributed by atoms with van der Waals surface area (Å²) in [5, 5.41) is 0.517. The van der Waals surface area contributed by atoms with Gasteiger partial charge in [0, 0.05) is 23.1 Å². The van der Waals surface area contributed by atoms with E-state index < -0.39 is 0 Å². The zero-order chi connectivity index (χ0) is 19.0. The Morgan fingerprint density at radius 2 is 2.07 bits per heavy atom. The highest BCUT2D eigenvalue weighted by atomic mass is 35.5. The van der Waals surface area contributed by atoms with Crippen molar-refractivity contribution in [2.45, 2.75) is 20.1 Å². The molecule has 4 rings (SSSR count). The van der Waals surface area contributed by atoms with Crippen LogP contribution in [0.25, 0.3) is 5.69 Å². The molecule has 136 valence electrons. The van der Waals surface area contributed by atoms with Crippen LogP contribution in [0.15, 0.2) is 53.7 Å². The molecule has 0 bridgehead atoms. The van der Waals surface area contributed by atoms with Crippen LogP contribution in [-0.2, 0) is 22.7 Å². The molecular weight excluding hydrogens is 371 g/mol. The summed E-state index contributed by atoms with van der Waals surface area (Å²) in [6.07, 6.45) is 1.69. The zero-order valence-corrected chi connectivity index (χ0v) is 15.2. The lowest BCUT2D eigenvalue weighted by atomic mass is 10.00. The number of aromatic nitrogens is 2. The van der Waals surface area contributed by atoms with Gasteiger partial charge in [0.05, 0.1) is 29.8 Å². The van der Waals surface area contributed by atoms with Gasteiger partial charge in [0.2, 0.25) is 0 Å². The summed E-state index contributed by atoms with van der Waals surface area (Å²) in [7, 11) is 0. The summed E-state index contributed by atoms with van der Waals surface area (Å²) >= 11 is 6.22. The number of nitrogens with zero attached hydrogens (tertiary/aromatic N) is 3. The molecular formula is C20H15ClFN3O2. The number of esters is 1. The van der Waals surface area contributed by atoms with E-state index in [9.17, 15) is 9.18 Å². The lowest BCUT2D eigenvalue weighted by Gasteiger charge is -2.15. The molecule has 0 aliphatic carbocycles. The fraction of sp³-hybridized carbons (Fsp3) is 0.150. The third kappa shape index (κ3) is 3.24. The first-order valence-electron chi connectivity index (χ1n) is 8.33. The molecule has 1 aliphatic heterocycles. The van der Waals surface area contributed by atoms with Crippen LogP contribution in [0.2, 0.25) is 5.02 Å². The van der Waals surface area contributed by atoms with Crippen LogP contribution >= 0.6 is 11.6 Å². The van der Waals surface area contributed by atoms with E-state index >= 15 is 0 Å². The smallest absolute Gasteiger partial charge is 0.303 e. The largest absolute Gasteiger partial charge is 0.458 e. The third-order valence-corrected chi connectivity index (χ3v) is 4.53. The van der Waals surface area contributed by atoms with E-state index in [-0.39, 0.29) is 18.4 Å². The van der Waals surface area contributed by atoms with Crippen LogP contribution in [0.3, 0.4) is 0 Å². The van der Waals surface area contributed by atoms with Crippen LogP contribution in [0, 0.1) is 5.82 Å². The Morgan fingerprint density at radius 3 is 2.85 bits per heavy atom. The summed E-state index contributed by atoms with van der Waals surface area (Å²) < 4.78 is 21.5. The second-order valence-corrected chi connectivity index (χ2v) is 6.52. The Labute approximate surface area is 160 Å². The van der Waals surface area contributed by atoms with Crippen molar-refractivity contribution in [3.8, 4) is 5.69 Å². The highest BCUT2D eigenvalue weighted by molar-refractivity contribution is 6.31. The third-order valence-electron chi connectivity index (χ3n) is 4.30. The highest BCUT2D eigenvalue weighted by Gasteiger charge is 2.23. The van der Waals surface area contributed by atoms with Crippen LogP contribution in [-0.4, -0.2) is 21.2 Å². The molecule has 0 amide bonds. The normalized spacial score (nSPS) is 12.6. The number of benzene rings is 2. The molecule has 7 heteroatoms. The maximum absolute atomic E-state index is 14.5. The van der Waals surface area contributed by atoms with Gasteiger partial charge in [-0.3, -0.25) is 14.4 Å². The number of ether oxygens (including phenoxy) is 1. The van der Waals surface area contributed by atoms with Gasteiger partial charge >= 0.3 is 5.97 Å². The molecule has 0 saturated heterocycles. The van der Waals surface area contributed by atoms with Gasteiger partial charge in [-0.1, -0.05) is 23.7 Å². The number of rotatable bonds is 3. The second kappa shape index (κ2) is 6.96. The van der Waals surface area contributed by atoms with Gasteiger partial charge in [0.15, 0.2) is 5.82 Å². The standard InChI is InChI=1S/C20H15ClFN3O2/c1-12(26)27-11-19-23-9-14-10-24-20(15-4-2-3-5-17(15)22)16-8-13(21)6-7-18(16)25(14)19/h2-9H,10-11H2,1H3/i11+1,19+1. The molecule has 0 saturated carbocycles. The number of carbonyl (C=O) groups excluding carboxylic acids is 1. The van der Waals surface area contributed by atoms with Crippen molar-refractivity contribution >= 4 is 23.3 Å². The Balaban J connectivity index is 1.90. The van der Waals surface area contributed by atoms with Crippen molar-refractivity contribution in [1.82, 2.24) is 9.55 Å². The minimum absolute atomic E-state index is 0.0342. The molecule has 2 aromatic carbocycles. The number of hydrogen-bond donors (Lipinski definition) is 0. The van der Waals surface area contributed by atoms with Gasteiger partial charge in [-0.05, 0) is 30.3 Å². The van der Waals surface area contributed by atoms with Crippen molar-refractivity contribution in [3.05, 3.63) is 82.1 Å². The van der Waals surface area contributed by atoms with Crippen molar-refractivity contribution in [1.29, 1.82) is 0 Å². The number of fused-ring (bicyclic) bond motifs is 3. The molecule has 0 radical (unpaired) electrons. The first-order valence-corrected chi connectivity index (χ1v) is 8.71. The average Bonchev–Trinajstić information content (AvgIpc) is 2.97. The first-order chi connectivity index (χ1) is 13.0. The summed E-state index contributed by atoms with van der Waals surface area (Å²) in [4.78, 5) is 20.2. The molecule has 0 atom stereocenters. The van der Waals surface area contributed by atoms with E-state index in [2.05, 4.69) is 9.98 Å². The molecule has 0 spiro atoms. The van der Waals surface area contributed by atoms with Crippen LogP contribution < -0.4 is 0 Å². The fourth-order valence-electron chi connectivity index (χ4n) is 3.13. The summed E-state index contributed by atoms with van der Waals surface area (Å²) in [6, 6.07) is 11.8. The van der Waals surface area contributed by atoms with E-state index in [1.807, 2.05) is 10.6 Å². The van der Waals surface area contributed by atoms with Gasteiger partial charge in [0.25, 0.3) is 0 Å². The van der Waals surface area contributed by atoms with Gasteiger partial charge in [0.1, 0.15) is 12.4 Å². The van der Waals surface area contributed by atoms with E-state index in [0.29, 0.717) is 34.2 Å². The predicted octanol–water partition coefficient (Wildman–Crippen LogP) is 4.08. The van der Waals surface area contributed by atoms with Crippen molar-refractivity contribution in [2.24, 2.45) is 4.99 Å². The van der Waals surface area contributed by atoms with Crippen molar-refractivity contribution in [2.75, 3.05) is 0 Å². The van der Waals surface area contributed by atoms with Gasteiger partial charge < -0.3 is 4.74 Å². The zero-order valence-electron chi connectivity index (χ0n) is 14.4. The summed E-state index contributed by atoms with van der Waals surface area (Å²) in [5.41, 5.74) is 3.18. The van der Waals surface area contributed by atoms with Gasteiger partial charge in [-0.25, -0.2) is 9.37 Å². The first kappa shape index (κ1) is 17.4. The number of halogens is 2. The maximum atomic E-state index is 14.5. The van der Waals surface area contributed by atoms with E-state index in [0.717, 1.165) is 11.4 Å². The van der Waals surface area contributed by atoms with Gasteiger partial charge in [-0.2, -0.15) is 0 Å². The van der Waals surface area contributed by atoms with E-state index in [1.165, 1.54) is 13.0 Å². The molecule has 1 aliphatic rings. The summed E-state index contributed by atoms with van der Waals surface area (Å²) in [6.45, 7) is 1.69. The summed E-state index contributed by atoms with van der Waals surface area (Å²) in [5.74, 6) is -0.179. The van der Waals surface area contributed by atoms with E-state index in [1.54, 1.807) is 36.5 Å². The Hall–Kier alpha value is -2.99. The Morgan fingerprint density at radius 1 is 1.26 bits per heavy atom. The minimum atomic E-state index is -0.388. The molecule has 5 nitrogen and oxygen atoms in total. The quantitative estimate of drug-likeness (QED) is 0.504. The SMILES string of the molecule is CC(=O)O[13CH2][13c]1ncc2n1-c1ccc(Cl)cc1C(c1ccccc1F)=NC2. The maximum Gasteiger partial charge on any atom is 0.303 e. The molecule has 0 unspecified atom stereocenters. The predicted molar refractivity (Wildman–Crippen MR) is 99.8 cm³/mol. The Kier molecular flexibility index (Phi) is 4.49. The lowest BCUT2D eigenvalue weighted by molar-refractivity contribution is -0.142. The highest BCUT2D eigenvalue weighted by Crippen LogP contribution is 2.29. The number of hydrogen-bond acceptors (Lipinski definition) is 4. The molecule has 2 heterocycles. The molecule has 0 N–H and O–H groups in total. The van der Waals surface area contributed by atoms with Crippen LogP contribution in [0.4, 0.5) is 4.39 Å². The second-order valence-electron chi connectivity index (χ2n) is 6.09. The van der Waals surface area contributed by atoms with Crippen LogP contribution in [0.5, 0.6) is 0 Å². The molecule has 0 fully saturated rings. The number of carbonyl (C=O) groups is 1. The molecule has 3 aromatic rings. The lowest BCUT2D eigenvalue weighted by Crippen LogP contribution is -2.12. The number of imidazole rings is 1. The number of aliphatic imine (C=N–C) groups is 1. The van der Waals surface area contributed by atoms with Crippen molar-refractivity contribution < 1.29 is 13.9 Å². The molecule has 1 aromatic heterocycles. The van der Waals surface area contributed by atoms with E-state index in [4.69, 9.17) is 16.3 Å².